The van der Waals surface area contributed by atoms with Crippen LogP contribution in [0.4, 0.5) is 0 Å². The van der Waals surface area contributed by atoms with E-state index in [-0.39, 0.29) is 5.91 Å². The maximum absolute atomic E-state index is 12.1. The Morgan fingerprint density at radius 2 is 2.25 bits per heavy atom. The molecule has 2 aromatic heterocycles. The van der Waals surface area contributed by atoms with E-state index in [4.69, 9.17) is 11.6 Å². The van der Waals surface area contributed by atoms with Crippen LogP contribution in [0.5, 0.6) is 0 Å². The third-order valence-corrected chi connectivity index (χ3v) is 4.00. The van der Waals surface area contributed by atoms with Gasteiger partial charge in [-0.05, 0) is 25.5 Å². The maximum atomic E-state index is 12.1. The molecule has 0 unspecified atom stereocenters. The van der Waals surface area contributed by atoms with Crippen LogP contribution < -0.4 is 5.32 Å². The minimum atomic E-state index is -0.139. The molecule has 1 amide bonds. The van der Waals surface area contributed by atoms with Crippen molar-refractivity contribution in [3.05, 3.63) is 44.6 Å². The van der Waals surface area contributed by atoms with Crippen molar-refractivity contribution < 1.29 is 4.79 Å². The molecule has 2 aromatic rings. The van der Waals surface area contributed by atoms with Gasteiger partial charge in [0.15, 0.2) is 0 Å². The van der Waals surface area contributed by atoms with Gasteiger partial charge in [-0.3, -0.25) is 4.79 Å². The van der Waals surface area contributed by atoms with Crippen molar-refractivity contribution in [1.29, 1.82) is 0 Å². The van der Waals surface area contributed by atoms with E-state index in [2.05, 4.69) is 22.2 Å². The van der Waals surface area contributed by atoms with Gasteiger partial charge >= 0.3 is 0 Å². The Labute approximate surface area is 127 Å². The Hall–Kier alpha value is -1.46. The number of halogens is 1. The van der Waals surface area contributed by atoms with Gasteiger partial charge in [-0.1, -0.05) is 24.9 Å². The molecule has 2 rings (SSSR count). The SMILES string of the molecule is CCCc1cc(C(=O)NCc2scnc2C)cc(Cl)n1. The first-order valence-corrected chi connectivity index (χ1v) is 7.69. The minimum absolute atomic E-state index is 0.139. The highest BCUT2D eigenvalue weighted by atomic mass is 35.5. The molecule has 20 heavy (non-hydrogen) atoms. The lowest BCUT2D eigenvalue weighted by molar-refractivity contribution is 0.0951. The number of hydrogen-bond acceptors (Lipinski definition) is 4. The molecule has 2 heterocycles. The summed E-state index contributed by atoms with van der Waals surface area (Å²) in [6.45, 7) is 4.48. The normalized spacial score (nSPS) is 10.6. The Morgan fingerprint density at radius 3 is 2.90 bits per heavy atom. The summed E-state index contributed by atoms with van der Waals surface area (Å²) in [5.41, 5.74) is 4.13. The fraction of sp³-hybridized carbons (Fsp3) is 0.357. The first-order valence-electron chi connectivity index (χ1n) is 6.43. The van der Waals surface area contributed by atoms with Crippen LogP contribution in [-0.2, 0) is 13.0 Å². The van der Waals surface area contributed by atoms with E-state index in [1.807, 2.05) is 6.92 Å². The van der Waals surface area contributed by atoms with Crippen LogP contribution in [0.15, 0.2) is 17.6 Å². The molecule has 0 spiro atoms. The van der Waals surface area contributed by atoms with E-state index in [1.165, 1.54) is 11.3 Å². The highest BCUT2D eigenvalue weighted by Crippen LogP contribution is 2.14. The van der Waals surface area contributed by atoms with Crippen LogP contribution in [0.2, 0.25) is 5.15 Å². The molecular formula is C14H16ClN3OS. The van der Waals surface area contributed by atoms with E-state index in [1.54, 1.807) is 17.6 Å². The zero-order chi connectivity index (χ0) is 14.5. The van der Waals surface area contributed by atoms with Crippen LogP contribution >= 0.6 is 22.9 Å². The molecule has 0 aliphatic heterocycles. The Morgan fingerprint density at radius 1 is 1.45 bits per heavy atom. The van der Waals surface area contributed by atoms with Crippen LogP contribution in [-0.4, -0.2) is 15.9 Å². The second-order valence-corrected chi connectivity index (χ2v) is 5.79. The number of rotatable bonds is 5. The van der Waals surface area contributed by atoms with Gasteiger partial charge < -0.3 is 5.32 Å². The van der Waals surface area contributed by atoms with Gasteiger partial charge in [0.05, 0.1) is 17.7 Å². The number of aryl methyl sites for hydroxylation is 2. The summed E-state index contributed by atoms with van der Waals surface area (Å²) in [6.07, 6.45) is 1.78. The molecule has 1 N–H and O–H groups in total. The van der Waals surface area contributed by atoms with Gasteiger partial charge in [0.25, 0.3) is 5.91 Å². The molecular weight excluding hydrogens is 294 g/mol. The van der Waals surface area contributed by atoms with Gasteiger partial charge in [-0.2, -0.15) is 0 Å². The van der Waals surface area contributed by atoms with Crippen molar-refractivity contribution in [2.75, 3.05) is 0 Å². The lowest BCUT2D eigenvalue weighted by Gasteiger charge is -2.07. The highest BCUT2D eigenvalue weighted by molar-refractivity contribution is 7.09. The topological polar surface area (TPSA) is 54.9 Å². The zero-order valence-electron chi connectivity index (χ0n) is 11.4. The number of amides is 1. The molecule has 0 aromatic carbocycles. The number of aromatic nitrogens is 2. The summed E-state index contributed by atoms with van der Waals surface area (Å²) < 4.78 is 0. The summed E-state index contributed by atoms with van der Waals surface area (Å²) in [6, 6.07) is 3.39. The fourth-order valence-electron chi connectivity index (χ4n) is 1.83. The van der Waals surface area contributed by atoms with E-state index in [0.29, 0.717) is 17.3 Å². The first kappa shape index (κ1) is 14.9. The summed E-state index contributed by atoms with van der Waals surface area (Å²) in [5.74, 6) is -0.139. The highest BCUT2D eigenvalue weighted by Gasteiger charge is 2.10. The average molecular weight is 310 g/mol. The second-order valence-electron chi connectivity index (χ2n) is 4.46. The van der Waals surface area contributed by atoms with E-state index in [0.717, 1.165) is 29.1 Å². The number of hydrogen-bond donors (Lipinski definition) is 1. The largest absolute Gasteiger partial charge is 0.347 e. The molecule has 6 heteroatoms. The van der Waals surface area contributed by atoms with Crippen molar-refractivity contribution in [3.63, 3.8) is 0 Å². The third kappa shape index (κ3) is 3.77. The number of nitrogens with one attached hydrogen (secondary N) is 1. The van der Waals surface area contributed by atoms with Crippen molar-refractivity contribution in [2.24, 2.45) is 0 Å². The van der Waals surface area contributed by atoms with E-state index >= 15 is 0 Å². The van der Waals surface area contributed by atoms with Gasteiger partial charge in [0.2, 0.25) is 0 Å². The standard InChI is InChI=1S/C14H16ClN3OS/c1-3-4-11-5-10(6-13(15)18-11)14(19)16-7-12-9(2)17-8-20-12/h5-6,8H,3-4,7H2,1-2H3,(H,16,19). The Kier molecular flexibility index (Phi) is 5.09. The smallest absolute Gasteiger partial charge is 0.251 e. The second kappa shape index (κ2) is 6.81. The van der Waals surface area contributed by atoms with Crippen LogP contribution in [0, 0.1) is 6.92 Å². The molecule has 4 nitrogen and oxygen atoms in total. The molecule has 0 fully saturated rings. The third-order valence-electron chi connectivity index (χ3n) is 2.87. The molecule has 0 aliphatic carbocycles. The van der Waals surface area contributed by atoms with E-state index in [9.17, 15) is 4.79 Å². The summed E-state index contributed by atoms with van der Waals surface area (Å²) >= 11 is 7.49. The quantitative estimate of drug-likeness (QED) is 0.861. The molecule has 0 atom stereocenters. The predicted molar refractivity (Wildman–Crippen MR) is 81.3 cm³/mol. The number of carbonyl (C=O) groups is 1. The van der Waals surface area contributed by atoms with Gasteiger partial charge in [-0.15, -0.1) is 11.3 Å². The zero-order valence-corrected chi connectivity index (χ0v) is 13.0. The molecule has 0 saturated heterocycles. The first-order chi connectivity index (χ1) is 9.60. The summed E-state index contributed by atoms with van der Waals surface area (Å²) in [7, 11) is 0. The lowest BCUT2D eigenvalue weighted by atomic mass is 10.1. The molecule has 0 radical (unpaired) electrons. The Balaban J connectivity index is 2.07. The van der Waals surface area contributed by atoms with Crippen molar-refractivity contribution in [3.8, 4) is 0 Å². The number of pyridine rings is 1. The maximum Gasteiger partial charge on any atom is 0.251 e. The molecule has 106 valence electrons. The molecule has 0 saturated carbocycles. The van der Waals surface area contributed by atoms with E-state index < -0.39 is 0 Å². The average Bonchev–Trinajstić information content (AvgIpc) is 2.81. The predicted octanol–water partition coefficient (Wildman–Crippen LogP) is 3.38. The van der Waals surface area contributed by atoms with Crippen LogP contribution in [0.3, 0.4) is 0 Å². The van der Waals surface area contributed by atoms with Gasteiger partial charge in [0, 0.05) is 16.1 Å². The van der Waals surface area contributed by atoms with Crippen molar-refractivity contribution in [1.82, 2.24) is 15.3 Å². The van der Waals surface area contributed by atoms with Crippen LogP contribution in [0.1, 0.15) is 40.0 Å². The van der Waals surface area contributed by atoms with Gasteiger partial charge in [0.1, 0.15) is 5.15 Å². The number of carbonyl (C=O) groups excluding carboxylic acids is 1. The van der Waals surface area contributed by atoms with Crippen LogP contribution in [0.25, 0.3) is 0 Å². The monoisotopic (exact) mass is 309 g/mol. The summed E-state index contributed by atoms with van der Waals surface area (Å²) in [4.78, 5) is 21.6. The minimum Gasteiger partial charge on any atom is -0.347 e. The van der Waals surface area contributed by atoms with Crippen molar-refractivity contribution in [2.45, 2.75) is 33.2 Å². The molecule has 0 aliphatic rings. The lowest BCUT2D eigenvalue weighted by Crippen LogP contribution is -2.23. The molecule has 0 bridgehead atoms. The number of thiazole rings is 1. The fourth-order valence-corrected chi connectivity index (χ4v) is 2.77. The summed E-state index contributed by atoms with van der Waals surface area (Å²) in [5, 5.41) is 3.24. The van der Waals surface area contributed by atoms with Gasteiger partial charge in [-0.25, -0.2) is 9.97 Å². The van der Waals surface area contributed by atoms with Crippen molar-refractivity contribution >= 4 is 28.8 Å². The Bertz CT molecular complexity index is 612. The number of nitrogens with zero attached hydrogens (tertiary/aromatic N) is 2.